The van der Waals surface area contributed by atoms with E-state index in [-0.39, 0.29) is 6.61 Å². The summed E-state index contributed by atoms with van der Waals surface area (Å²) in [5.74, 6) is 1.31. The van der Waals surface area contributed by atoms with E-state index in [2.05, 4.69) is 36.5 Å². The molecular formula is C22H21Cl2NO2. The zero-order chi connectivity index (χ0) is 19.2. The normalized spacial score (nSPS) is 10.5. The Kier molecular flexibility index (Phi) is 6.49. The minimum absolute atomic E-state index is 0.274. The first-order valence-corrected chi connectivity index (χ1v) is 9.35. The Labute approximate surface area is 169 Å². The van der Waals surface area contributed by atoms with Gasteiger partial charge in [-0.15, -0.1) is 0 Å². The molecule has 0 aromatic heterocycles. The quantitative estimate of drug-likeness (QED) is 0.489. The molecule has 5 heteroatoms. The number of aryl methyl sites for hydroxylation is 1. The van der Waals surface area contributed by atoms with Crippen LogP contribution in [-0.4, -0.2) is 7.11 Å². The SMILES string of the molecule is COc1cc(CNc2ccc(C)cc2)ccc1OCc1c(Cl)cccc1Cl. The molecule has 0 bridgehead atoms. The summed E-state index contributed by atoms with van der Waals surface area (Å²) in [5, 5.41) is 4.57. The third kappa shape index (κ3) is 5.09. The van der Waals surface area contributed by atoms with E-state index in [1.807, 2.05) is 24.3 Å². The first-order chi connectivity index (χ1) is 13.1. The largest absolute Gasteiger partial charge is 0.493 e. The van der Waals surface area contributed by atoms with E-state index in [0.717, 1.165) is 16.8 Å². The maximum atomic E-state index is 6.20. The second-order valence-electron chi connectivity index (χ2n) is 6.19. The van der Waals surface area contributed by atoms with Crippen molar-refractivity contribution >= 4 is 28.9 Å². The molecule has 0 aliphatic carbocycles. The highest BCUT2D eigenvalue weighted by molar-refractivity contribution is 6.35. The summed E-state index contributed by atoms with van der Waals surface area (Å²) in [4.78, 5) is 0. The standard InChI is InChI=1S/C22H21Cl2NO2/c1-15-6-9-17(10-7-15)25-13-16-8-11-21(22(12-16)26-2)27-14-18-19(23)4-3-5-20(18)24/h3-12,25H,13-14H2,1-2H3. The van der Waals surface area contributed by atoms with Gasteiger partial charge in [0.2, 0.25) is 0 Å². The summed E-state index contributed by atoms with van der Waals surface area (Å²) in [7, 11) is 1.63. The lowest BCUT2D eigenvalue weighted by atomic mass is 10.2. The zero-order valence-corrected chi connectivity index (χ0v) is 16.8. The summed E-state index contributed by atoms with van der Waals surface area (Å²) < 4.78 is 11.4. The molecule has 0 aliphatic heterocycles. The Hall–Kier alpha value is -2.36. The summed E-state index contributed by atoms with van der Waals surface area (Å²) in [6.07, 6.45) is 0. The molecule has 0 radical (unpaired) electrons. The number of rotatable bonds is 7. The molecule has 3 aromatic rings. The molecular weight excluding hydrogens is 381 g/mol. The number of hydrogen-bond donors (Lipinski definition) is 1. The number of ether oxygens (including phenoxy) is 2. The fraction of sp³-hybridized carbons (Fsp3) is 0.182. The molecule has 0 fully saturated rings. The van der Waals surface area contributed by atoms with Gasteiger partial charge in [-0.3, -0.25) is 0 Å². The van der Waals surface area contributed by atoms with Crippen LogP contribution in [0.15, 0.2) is 60.7 Å². The summed E-state index contributed by atoms with van der Waals surface area (Å²) in [5.41, 5.74) is 4.17. The smallest absolute Gasteiger partial charge is 0.161 e. The number of halogens is 2. The van der Waals surface area contributed by atoms with E-state index in [1.165, 1.54) is 5.56 Å². The van der Waals surface area contributed by atoms with Crippen LogP contribution in [0.5, 0.6) is 11.5 Å². The fourth-order valence-corrected chi connectivity index (χ4v) is 3.14. The summed E-state index contributed by atoms with van der Waals surface area (Å²) in [6, 6.07) is 19.6. The van der Waals surface area contributed by atoms with E-state index in [4.69, 9.17) is 32.7 Å². The third-order valence-electron chi connectivity index (χ3n) is 4.21. The minimum Gasteiger partial charge on any atom is -0.493 e. The van der Waals surface area contributed by atoms with Gasteiger partial charge in [-0.1, -0.05) is 53.0 Å². The Morgan fingerprint density at radius 2 is 1.59 bits per heavy atom. The Morgan fingerprint density at radius 1 is 0.889 bits per heavy atom. The molecule has 3 nitrogen and oxygen atoms in total. The maximum Gasteiger partial charge on any atom is 0.161 e. The van der Waals surface area contributed by atoms with Gasteiger partial charge in [-0.25, -0.2) is 0 Å². The lowest BCUT2D eigenvalue weighted by Crippen LogP contribution is -2.02. The van der Waals surface area contributed by atoms with E-state index >= 15 is 0 Å². The predicted octanol–water partition coefficient (Wildman–Crippen LogP) is 6.50. The maximum absolute atomic E-state index is 6.20. The van der Waals surface area contributed by atoms with Gasteiger partial charge in [-0.05, 0) is 48.9 Å². The van der Waals surface area contributed by atoms with Gasteiger partial charge < -0.3 is 14.8 Å². The highest BCUT2D eigenvalue weighted by atomic mass is 35.5. The number of hydrogen-bond acceptors (Lipinski definition) is 3. The molecule has 3 aromatic carbocycles. The molecule has 0 aliphatic rings. The Bertz CT molecular complexity index is 890. The van der Waals surface area contributed by atoms with Crippen LogP contribution in [0.2, 0.25) is 10.0 Å². The monoisotopic (exact) mass is 401 g/mol. The van der Waals surface area contributed by atoms with Crippen molar-refractivity contribution in [1.29, 1.82) is 0 Å². The van der Waals surface area contributed by atoms with Gasteiger partial charge >= 0.3 is 0 Å². The molecule has 3 rings (SSSR count). The number of benzene rings is 3. The van der Waals surface area contributed by atoms with Crippen molar-refractivity contribution in [1.82, 2.24) is 0 Å². The molecule has 0 saturated carbocycles. The summed E-state index contributed by atoms with van der Waals surface area (Å²) in [6.45, 7) is 3.04. The minimum atomic E-state index is 0.274. The van der Waals surface area contributed by atoms with Crippen molar-refractivity contribution in [2.45, 2.75) is 20.1 Å². The number of anilines is 1. The number of methoxy groups -OCH3 is 1. The third-order valence-corrected chi connectivity index (χ3v) is 4.92. The predicted molar refractivity (Wildman–Crippen MR) is 112 cm³/mol. The highest BCUT2D eigenvalue weighted by Crippen LogP contribution is 2.31. The van der Waals surface area contributed by atoms with Gasteiger partial charge in [-0.2, -0.15) is 0 Å². The van der Waals surface area contributed by atoms with Gasteiger partial charge in [0, 0.05) is 27.8 Å². The van der Waals surface area contributed by atoms with E-state index in [0.29, 0.717) is 28.1 Å². The van der Waals surface area contributed by atoms with Crippen LogP contribution in [0.4, 0.5) is 5.69 Å². The van der Waals surface area contributed by atoms with Crippen LogP contribution in [0.1, 0.15) is 16.7 Å². The molecule has 140 valence electrons. The first kappa shape index (κ1) is 19.4. The molecule has 0 unspecified atom stereocenters. The van der Waals surface area contributed by atoms with Crippen LogP contribution in [-0.2, 0) is 13.2 Å². The van der Waals surface area contributed by atoms with Crippen LogP contribution in [0, 0.1) is 6.92 Å². The average molecular weight is 402 g/mol. The summed E-state index contributed by atoms with van der Waals surface area (Å²) >= 11 is 12.4. The second kappa shape index (κ2) is 9.03. The van der Waals surface area contributed by atoms with Gasteiger partial charge in [0.25, 0.3) is 0 Å². The van der Waals surface area contributed by atoms with Crippen molar-refractivity contribution in [3.63, 3.8) is 0 Å². The molecule has 27 heavy (non-hydrogen) atoms. The van der Waals surface area contributed by atoms with Crippen LogP contribution in [0.3, 0.4) is 0 Å². The molecule has 0 heterocycles. The second-order valence-corrected chi connectivity index (χ2v) is 7.01. The topological polar surface area (TPSA) is 30.5 Å². The highest BCUT2D eigenvalue weighted by Gasteiger charge is 2.10. The number of nitrogens with one attached hydrogen (secondary N) is 1. The molecule has 0 atom stereocenters. The lowest BCUT2D eigenvalue weighted by Gasteiger charge is -2.14. The molecule has 1 N–H and O–H groups in total. The van der Waals surface area contributed by atoms with Gasteiger partial charge in [0.05, 0.1) is 7.11 Å². The van der Waals surface area contributed by atoms with Gasteiger partial charge in [0.1, 0.15) is 6.61 Å². The van der Waals surface area contributed by atoms with Crippen LogP contribution in [0.25, 0.3) is 0 Å². The van der Waals surface area contributed by atoms with Crippen molar-refractivity contribution < 1.29 is 9.47 Å². The molecule has 0 saturated heterocycles. The Morgan fingerprint density at radius 3 is 2.26 bits per heavy atom. The van der Waals surface area contributed by atoms with E-state index < -0.39 is 0 Å². The molecule has 0 amide bonds. The van der Waals surface area contributed by atoms with Crippen molar-refractivity contribution in [2.24, 2.45) is 0 Å². The first-order valence-electron chi connectivity index (χ1n) is 8.60. The van der Waals surface area contributed by atoms with Crippen LogP contribution < -0.4 is 14.8 Å². The molecule has 0 spiro atoms. The van der Waals surface area contributed by atoms with E-state index in [1.54, 1.807) is 19.2 Å². The average Bonchev–Trinajstić information content (AvgIpc) is 2.67. The van der Waals surface area contributed by atoms with E-state index in [9.17, 15) is 0 Å². The van der Waals surface area contributed by atoms with Gasteiger partial charge in [0.15, 0.2) is 11.5 Å². The van der Waals surface area contributed by atoms with Crippen molar-refractivity contribution in [3.8, 4) is 11.5 Å². The van der Waals surface area contributed by atoms with Crippen LogP contribution >= 0.6 is 23.2 Å². The zero-order valence-electron chi connectivity index (χ0n) is 15.3. The van der Waals surface area contributed by atoms with Crippen molar-refractivity contribution in [3.05, 3.63) is 87.4 Å². The lowest BCUT2D eigenvalue weighted by molar-refractivity contribution is 0.284. The fourth-order valence-electron chi connectivity index (χ4n) is 2.64. The van der Waals surface area contributed by atoms with Crippen molar-refractivity contribution in [2.75, 3.05) is 12.4 Å². The Balaban J connectivity index is 1.67.